The van der Waals surface area contributed by atoms with E-state index < -0.39 is 0 Å². The molecule has 0 unspecified atom stereocenters. The van der Waals surface area contributed by atoms with Gasteiger partial charge in [0.25, 0.3) is 0 Å². The van der Waals surface area contributed by atoms with E-state index in [1.165, 1.54) is 5.56 Å². The van der Waals surface area contributed by atoms with E-state index in [1.54, 1.807) is 0 Å². The highest BCUT2D eigenvalue weighted by atomic mass is 14.9. The van der Waals surface area contributed by atoms with Crippen LogP contribution in [0.1, 0.15) is 18.1 Å². The van der Waals surface area contributed by atoms with Crippen LogP contribution < -0.4 is 5.73 Å². The highest BCUT2D eigenvalue weighted by Crippen LogP contribution is 2.19. The van der Waals surface area contributed by atoms with Crippen molar-refractivity contribution in [2.24, 2.45) is 10.7 Å². The highest BCUT2D eigenvalue weighted by Gasteiger charge is 1.98. The summed E-state index contributed by atoms with van der Waals surface area (Å²) < 4.78 is 0. The molecule has 2 nitrogen and oxygen atoms in total. The number of nitrogens with zero attached hydrogens (tertiary/aromatic N) is 1. The number of rotatable bonds is 2. The zero-order valence-electron chi connectivity index (χ0n) is 8.96. The Morgan fingerprint density at radius 2 is 2.00 bits per heavy atom. The molecular weight excluding hydrogens is 172 g/mol. The molecule has 0 aliphatic heterocycles. The van der Waals surface area contributed by atoms with Gasteiger partial charge in [-0.2, -0.15) is 0 Å². The molecule has 0 spiro atoms. The van der Waals surface area contributed by atoms with Gasteiger partial charge in [-0.3, -0.25) is 0 Å². The molecular formula is C12H16N2. The normalized spacial score (nSPS) is 11.5. The predicted octanol–water partition coefficient (Wildman–Crippen LogP) is 2.87. The molecule has 14 heavy (non-hydrogen) atoms. The van der Waals surface area contributed by atoms with Crippen LogP contribution in [0, 0.1) is 13.8 Å². The van der Waals surface area contributed by atoms with E-state index in [0.29, 0.717) is 5.84 Å². The lowest BCUT2D eigenvalue weighted by Crippen LogP contribution is -2.11. The Balaban J connectivity index is 3.09. The summed E-state index contributed by atoms with van der Waals surface area (Å²) in [5.41, 5.74) is 9.78. The lowest BCUT2D eigenvalue weighted by molar-refractivity contribution is 1.33. The van der Waals surface area contributed by atoms with Crippen LogP contribution in [0.3, 0.4) is 0 Å². The van der Waals surface area contributed by atoms with Gasteiger partial charge in [0, 0.05) is 0 Å². The van der Waals surface area contributed by atoms with Gasteiger partial charge in [0.15, 0.2) is 0 Å². The number of nitrogens with two attached hydrogens (primary N) is 1. The number of benzene rings is 1. The standard InChI is InChI=1S/C12H16N2/c1-8(2)12(13)14-11-6-5-9(3)7-10(11)4/h5-7H,1H2,2-4H3,(H2,13,14). The summed E-state index contributed by atoms with van der Waals surface area (Å²) in [6.07, 6.45) is 0. The van der Waals surface area contributed by atoms with Gasteiger partial charge in [0.05, 0.1) is 5.69 Å². The van der Waals surface area contributed by atoms with E-state index in [9.17, 15) is 0 Å². The fourth-order valence-corrected chi connectivity index (χ4v) is 1.16. The SMILES string of the molecule is C=C(C)C(N)=Nc1ccc(C)cc1C. The van der Waals surface area contributed by atoms with Gasteiger partial charge in [-0.1, -0.05) is 24.3 Å². The third-order valence-corrected chi connectivity index (χ3v) is 2.03. The van der Waals surface area contributed by atoms with E-state index in [2.05, 4.69) is 24.6 Å². The Bertz CT molecular complexity index is 389. The summed E-state index contributed by atoms with van der Waals surface area (Å²) in [6.45, 7) is 9.68. The summed E-state index contributed by atoms with van der Waals surface area (Å²) >= 11 is 0. The highest BCUT2D eigenvalue weighted by molar-refractivity contribution is 5.97. The molecule has 0 fully saturated rings. The third kappa shape index (κ3) is 2.46. The molecule has 0 heterocycles. The predicted molar refractivity (Wildman–Crippen MR) is 62.0 cm³/mol. The van der Waals surface area contributed by atoms with E-state index in [4.69, 9.17) is 5.73 Å². The van der Waals surface area contributed by atoms with Gasteiger partial charge in [0.2, 0.25) is 0 Å². The van der Waals surface area contributed by atoms with Crippen molar-refractivity contribution < 1.29 is 0 Å². The lowest BCUT2D eigenvalue weighted by atomic mass is 10.1. The second kappa shape index (κ2) is 4.09. The maximum atomic E-state index is 5.71. The summed E-state index contributed by atoms with van der Waals surface area (Å²) in [6, 6.07) is 6.09. The number of hydrogen-bond acceptors (Lipinski definition) is 1. The van der Waals surface area contributed by atoms with Crippen molar-refractivity contribution in [3.63, 3.8) is 0 Å². The van der Waals surface area contributed by atoms with Crippen molar-refractivity contribution in [2.75, 3.05) is 0 Å². The van der Waals surface area contributed by atoms with E-state index >= 15 is 0 Å². The molecule has 0 bridgehead atoms. The van der Waals surface area contributed by atoms with Crippen molar-refractivity contribution in [2.45, 2.75) is 20.8 Å². The third-order valence-electron chi connectivity index (χ3n) is 2.03. The Morgan fingerprint density at radius 1 is 1.36 bits per heavy atom. The average Bonchev–Trinajstić information content (AvgIpc) is 2.09. The molecule has 74 valence electrons. The van der Waals surface area contributed by atoms with Gasteiger partial charge < -0.3 is 5.73 Å². The zero-order valence-corrected chi connectivity index (χ0v) is 8.96. The number of aliphatic imine (C=N–C) groups is 1. The van der Waals surface area contributed by atoms with Crippen molar-refractivity contribution in [1.29, 1.82) is 0 Å². The van der Waals surface area contributed by atoms with Gasteiger partial charge in [-0.25, -0.2) is 4.99 Å². The first-order valence-corrected chi connectivity index (χ1v) is 4.58. The summed E-state index contributed by atoms with van der Waals surface area (Å²) in [5, 5.41) is 0. The number of aryl methyl sites for hydroxylation is 2. The van der Waals surface area contributed by atoms with Crippen LogP contribution in [0.15, 0.2) is 35.3 Å². The Kier molecular flexibility index (Phi) is 3.07. The molecule has 1 aromatic carbocycles. The molecule has 0 atom stereocenters. The molecule has 2 N–H and O–H groups in total. The van der Waals surface area contributed by atoms with Crippen LogP contribution in [-0.4, -0.2) is 5.84 Å². The first-order valence-electron chi connectivity index (χ1n) is 4.58. The second-order valence-electron chi connectivity index (χ2n) is 3.57. The van der Waals surface area contributed by atoms with E-state index in [-0.39, 0.29) is 0 Å². The minimum atomic E-state index is 0.497. The average molecular weight is 188 g/mol. The first kappa shape index (κ1) is 10.5. The first-order chi connectivity index (χ1) is 6.50. The maximum absolute atomic E-state index is 5.71. The van der Waals surface area contributed by atoms with Gasteiger partial charge >= 0.3 is 0 Å². The van der Waals surface area contributed by atoms with Gasteiger partial charge in [-0.05, 0) is 38.0 Å². The molecule has 0 saturated heterocycles. The Morgan fingerprint density at radius 3 is 2.50 bits per heavy atom. The Labute approximate surface area is 85.2 Å². The molecule has 0 amide bonds. The fraction of sp³-hybridized carbons (Fsp3) is 0.250. The minimum Gasteiger partial charge on any atom is -0.383 e. The smallest absolute Gasteiger partial charge is 0.126 e. The Hall–Kier alpha value is -1.57. The monoisotopic (exact) mass is 188 g/mol. The van der Waals surface area contributed by atoms with Crippen molar-refractivity contribution >= 4 is 11.5 Å². The molecule has 2 heteroatoms. The largest absolute Gasteiger partial charge is 0.383 e. The summed E-state index contributed by atoms with van der Waals surface area (Å²) in [7, 11) is 0. The molecule has 0 aliphatic carbocycles. The van der Waals surface area contributed by atoms with Crippen LogP contribution in [-0.2, 0) is 0 Å². The van der Waals surface area contributed by atoms with Crippen LogP contribution in [0.5, 0.6) is 0 Å². The van der Waals surface area contributed by atoms with E-state index in [1.807, 2.05) is 26.0 Å². The van der Waals surface area contributed by atoms with Gasteiger partial charge in [0.1, 0.15) is 5.84 Å². The van der Waals surface area contributed by atoms with Crippen molar-refractivity contribution in [1.82, 2.24) is 0 Å². The molecule has 1 aromatic rings. The molecule has 0 aliphatic rings. The van der Waals surface area contributed by atoms with Gasteiger partial charge in [-0.15, -0.1) is 0 Å². The minimum absolute atomic E-state index is 0.497. The molecule has 0 saturated carbocycles. The number of amidine groups is 1. The van der Waals surface area contributed by atoms with Crippen LogP contribution in [0.25, 0.3) is 0 Å². The van der Waals surface area contributed by atoms with Crippen molar-refractivity contribution in [3.05, 3.63) is 41.5 Å². The summed E-state index contributed by atoms with van der Waals surface area (Å²) in [4.78, 5) is 4.29. The van der Waals surface area contributed by atoms with Crippen LogP contribution in [0.4, 0.5) is 5.69 Å². The fourth-order valence-electron chi connectivity index (χ4n) is 1.16. The molecule has 0 radical (unpaired) electrons. The second-order valence-corrected chi connectivity index (χ2v) is 3.57. The quantitative estimate of drug-likeness (QED) is 0.562. The molecule has 1 rings (SSSR count). The van der Waals surface area contributed by atoms with E-state index in [0.717, 1.165) is 16.8 Å². The zero-order chi connectivity index (χ0) is 10.7. The van der Waals surface area contributed by atoms with Crippen molar-refractivity contribution in [3.8, 4) is 0 Å². The number of hydrogen-bond donors (Lipinski definition) is 1. The van der Waals surface area contributed by atoms with Crippen LogP contribution in [0.2, 0.25) is 0 Å². The summed E-state index contributed by atoms with van der Waals surface area (Å²) in [5.74, 6) is 0.497. The van der Waals surface area contributed by atoms with Crippen LogP contribution >= 0.6 is 0 Å². The topological polar surface area (TPSA) is 38.4 Å². The maximum Gasteiger partial charge on any atom is 0.126 e. The molecule has 0 aromatic heterocycles. The lowest BCUT2D eigenvalue weighted by Gasteiger charge is -2.03.